The monoisotopic (exact) mass is 398 g/mol. The van der Waals surface area contributed by atoms with Crippen LogP contribution in [0.4, 0.5) is 0 Å². The second-order valence-electron chi connectivity index (χ2n) is 5.93. The van der Waals surface area contributed by atoms with Crippen LogP contribution in [-0.2, 0) is 16.1 Å². The summed E-state index contributed by atoms with van der Waals surface area (Å²) in [4.78, 5) is 43.7. The normalized spacial score (nSPS) is 14.3. The fraction of sp³-hybridized carbons (Fsp3) is 0.158. The Balaban J connectivity index is 1.42. The molecule has 0 spiro atoms. The minimum Gasteiger partial charge on any atom is -0.458 e. The molecule has 4 rings (SSSR count). The molecule has 1 aliphatic heterocycles. The maximum Gasteiger partial charge on any atom is 0.329 e. The van der Waals surface area contributed by atoms with Crippen LogP contribution in [0.25, 0.3) is 9.88 Å². The molecular weight excluding hydrogens is 384 g/mol. The molecule has 0 radical (unpaired) electrons. The Labute approximate surface area is 163 Å². The molecule has 0 saturated carbocycles. The number of thiazole rings is 1. The fourth-order valence-corrected chi connectivity index (χ4v) is 4.44. The molecule has 3 heterocycles. The molecule has 0 aliphatic carbocycles. The lowest BCUT2D eigenvalue weighted by Gasteiger charge is -2.20. The van der Waals surface area contributed by atoms with Crippen molar-refractivity contribution in [1.82, 2.24) is 9.88 Å². The van der Waals surface area contributed by atoms with Crippen LogP contribution in [0, 0.1) is 0 Å². The Kier molecular flexibility index (Phi) is 4.59. The zero-order valence-corrected chi connectivity index (χ0v) is 15.9. The second-order valence-corrected chi connectivity index (χ2v) is 7.74. The predicted octanol–water partition coefficient (Wildman–Crippen LogP) is 3.60. The third-order valence-corrected chi connectivity index (χ3v) is 6.13. The van der Waals surface area contributed by atoms with Crippen molar-refractivity contribution < 1.29 is 19.1 Å². The molecule has 1 unspecified atom stereocenters. The number of benzene rings is 1. The first-order valence-electron chi connectivity index (χ1n) is 8.18. The van der Waals surface area contributed by atoms with Crippen LogP contribution in [0.1, 0.15) is 33.3 Å². The van der Waals surface area contributed by atoms with Gasteiger partial charge >= 0.3 is 5.97 Å². The van der Waals surface area contributed by atoms with Crippen LogP contribution in [0.2, 0.25) is 0 Å². The van der Waals surface area contributed by atoms with Crippen molar-refractivity contribution >= 4 is 40.5 Å². The number of hydrogen-bond donors (Lipinski definition) is 0. The number of amides is 2. The van der Waals surface area contributed by atoms with Gasteiger partial charge in [0.1, 0.15) is 17.7 Å². The number of hydrogen-bond acceptors (Lipinski definition) is 7. The number of carbonyl (C=O) groups excluding carboxylic acids is 3. The molecule has 27 heavy (non-hydrogen) atoms. The Bertz CT molecular complexity index is 991. The summed E-state index contributed by atoms with van der Waals surface area (Å²) in [6, 6.07) is 9.44. The highest BCUT2D eigenvalue weighted by atomic mass is 32.1. The summed E-state index contributed by atoms with van der Waals surface area (Å²) < 4.78 is 5.29. The van der Waals surface area contributed by atoms with E-state index >= 15 is 0 Å². The SMILES string of the molecule is CC(C(=O)OCc1csc(-c2cccs2)n1)N1C(=O)c2ccccc2C1=O. The van der Waals surface area contributed by atoms with Crippen LogP contribution in [0.5, 0.6) is 0 Å². The molecule has 0 saturated heterocycles. The van der Waals surface area contributed by atoms with E-state index in [1.807, 2.05) is 22.9 Å². The van der Waals surface area contributed by atoms with Gasteiger partial charge < -0.3 is 4.74 Å². The number of carbonyl (C=O) groups is 3. The van der Waals surface area contributed by atoms with Gasteiger partial charge in [-0.1, -0.05) is 18.2 Å². The second kappa shape index (κ2) is 7.05. The Morgan fingerprint density at radius 2 is 1.81 bits per heavy atom. The van der Waals surface area contributed by atoms with Crippen LogP contribution in [0.3, 0.4) is 0 Å². The topological polar surface area (TPSA) is 76.6 Å². The maximum absolute atomic E-state index is 12.4. The number of thiophene rings is 1. The first kappa shape index (κ1) is 17.6. The summed E-state index contributed by atoms with van der Waals surface area (Å²) in [5, 5.41) is 4.67. The number of nitrogens with zero attached hydrogens (tertiary/aromatic N) is 2. The molecule has 0 bridgehead atoms. The highest BCUT2D eigenvalue weighted by Gasteiger charge is 2.41. The van der Waals surface area contributed by atoms with Crippen LogP contribution in [-0.4, -0.2) is 33.7 Å². The van der Waals surface area contributed by atoms with Crippen molar-refractivity contribution in [1.29, 1.82) is 0 Å². The van der Waals surface area contributed by atoms with E-state index in [0.717, 1.165) is 14.8 Å². The average molecular weight is 398 g/mol. The summed E-state index contributed by atoms with van der Waals surface area (Å²) in [6.07, 6.45) is 0. The minimum atomic E-state index is -1.01. The zero-order valence-electron chi connectivity index (χ0n) is 14.2. The Morgan fingerprint density at radius 1 is 1.11 bits per heavy atom. The molecule has 2 amide bonds. The zero-order chi connectivity index (χ0) is 19.0. The highest BCUT2D eigenvalue weighted by Crippen LogP contribution is 2.28. The lowest BCUT2D eigenvalue weighted by molar-refractivity contribution is -0.149. The summed E-state index contributed by atoms with van der Waals surface area (Å²) in [7, 11) is 0. The van der Waals surface area contributed by atoms with E-state index in [1.165, 1.54) is 18.3 Å². The van der Waals surface area contributed by atoms with Crippen LogP contribution >= 0.6 is 22.7 Å². The van der Waals surface area contributed by atoms with E-state index in [-0.39, 0.29) is 6.61 Å². The van der Waals surface area contributed by atoms with E-state index in [2.05, 4.69) is 4.98 Å². The molecule has 1 atom stereocenters. The standard InChI is InChI=1S/C19H14N2O4S2/c1-11(21-17(22)13-5-2-3-6-14(13)18(21)23)19(24)25-9-12-10-27-16(20-12)15-7-4-8-26-15/h2-8,10-11H,9H2,1H3. The maximum atomic E-state index is 12.4. The molecule has 0 N–H and O–H groups in total. The van der Waals surface area contributed by atoms with Gasteiger partial charge in [0.25, 0.3) is 11.8 Å². The lowest BCUT2D eigenvalue weighted by atomic mass is 10.1. The van der Waals surface area contributed by atoms with Crippen molar-refractivity contribution in [2.45, 2.75) is 19.6 Å². The first-order chi connectivity index (χ1) is 13.1. The molecular formula is C19H14N2O4S2. The van der Waals surface area contributed by atoms with Crippen molar-refractivity contribution in [2.75, 3.05) is 0 Å². The van der Waals surface area contributed by atoms with Gasteiger partial charge in [0.05, 0.1) is 21.7 Å². The van der Waals surface area contributed by atoms with E-state index in [0.29, 0.717) is 16.8 Å². The van der Waals surface area contributed by atoms with Gasteiger partial charge in [-0.2, -0.15) is 0 Å². The number of rotatable bonds is 5. The molecule has 0 fully saturated rings. The van der Waals surface area contributed by atoms with E-state index in [1.54, 1.807) is 35.6 Å². The number of ether oxygens (including phenoxy) is 1. The average Bonchev–Trinajstić information content (AvgIpc) is 3.41. The number of esters is 1. The van der Waals surface area contributed by atoms with Crippen molar-refractivity contribution in [3.8, 4) is 9.88 Å². The van der Waals surface area contributed by atoms with Gasteiger partial charge in [0.15, 0.2) is 0 Å². The van der Waals surface area contributed by atoms with Crippen molar-refractivity contribution in [2.24, 2.45) is 0 Å². The van der Waals surface area contributed by atoms with Gasteiger partial charge in [0.2, 0.25) is 0 Å². The molecule has 136 valence electrons. The van der Waals surface area contributed by atoms with Crippen molar-refractivity contribution in [3.05, 3.63) is 64.0 Å². The fourth-order valence-electron chi connectivity index (χ4n) is 2.82. The quantitative estimate of drug-likeness (QED) is 0.485. The number of fused-ring (bicyclic) bond motifs is 1. The predicted molar refractivity (Wildman–Crippen MR) is 102 cm³/mol. The molecule has 8 heteroatoms. The summed E-state index contributed by atoms with van der Waals surface area (Å²) >= 11 is 3.06. The van der Waals surface area contributed by atoms with Gasteiger partial charge in [-0.25, -0.2) is 9.78 Å². The van der Waals surface area contributed by atoms with Crippen LogP contribution < -0.4 is 0 Å². The Morgan fingerprint density at radius 3 is 2.44 bits per heavy atom. The van der Waals surface area contributed by atoms with Gasteiger partial charge in [-0.15, -0.1) is 22.7 Å². The van der Waals surface area contributed by atoms with Crippen molar-refractivity contribution in [3.63, 3.8) is 0 Å². The summed E-state index contributed by atoms with van der Waals surface area (Å²) in [6.45, 7) is 1.48. The highest BCUT2D eigenvalue weighted by molar-refractivity contribution is 7.20. The molecule has 3 aromatic rings. The summed E-state index contributed by atoms with van der Waals surface area (Å²) in [5.74, 6) is -1.60. The van der Waals surface area contributed by atoms with Gasteiger partial charge in [-0.05, 0) is 30.5 Å². The van der Waals surface area contributed by atoms with E-state index in [9.17, 15) is 14.4 Å². The number of aromatic nitrogens is 1. The molecule has 1 aromatic carbocycles. The van der Waals surface area contributed by atoms with Gasteiger partial charge in [0, 0.05) is 5.38 Å². The molecule has 2 aromatic heterocycles. The third-order valence-electron chi connectivity index (χ3n) is 4.20. The number of imide groups is 1. The minimum absolute atomic E-state index is 0.00574. The lowest BCUT2D eigenvalue weighted by Crippen LogP contribution is -2.43. The summed E-state index contributed by atoms with van der Waals surface area (Å²) in [5.41, 5.74) is 1.25. The molecule has 6 nitrogen and oxygen atoms in total. The third kappa shape index (κ3) is 3.17. The van der Waals surface area contributed by atoms with E-state index in [4.69, 9.17) is 4.74 Å². The Hall–Kier alpha value is -2.84. The van der Waals surface area contributed by atoms with Crippen LogP contribution in [0.15, 0.2) is 47.2 Å². The largest absolute Gasteiger partial charge is 0.458 e. The first-order valence-corrected chi connectivity index (χ1v) is 9.94. The smallest absolute Gasteiger partial charge is 0.329 e. The molecule has 1 aliphatic rings. The van der Waals surface area contributed by atoms with Gasteiger partial charge in [-0.3, -0.25) is 14.5 Å². The van der Waals surface area contributed by atoms with E-state index < -0.39 is 23.8 Å².